The van der Waals surface area contributed by atoms with Gasteiger partial charge >= 0.3 is 8.69 Å². The molecule has 4 heteroatoms. The van der Waals surface area contributed by atoms with Gasteiger partial charge in [0, 0.05) is 0 Å². The number of nitrogens with two attached hydrogens (primary N) is 1. The maximum absolute atomic E-state index is 8.46. The summed E-state index contributed by atoms with van der Waals surface area (Å²) in [5, 5.41) is 0. The van der Waals surface area contributed by atoms with Crippen LogP contribution in [0.25, 0.3) is 0 Å². The lowest BCUT2D eigenvalue weighted by molar-refractivity contribution is 0.524. The minimum Gasteiger partial charge on any atom is -0.330 e. The molecule has 44 valence electrons. The van der Waals surface area contributed by atoms with Gasteiger partial charge in [-0.15, -0.1) is 0 Å². The Bertz CT molecular complexity index is 32.1. The van der Waals surface area contributed by atoms with Crippen LogP contribution in [0.3, 0.4) is 0 Å². The van der Waals surface area contributed by atoms with Crippen molar-refractivity contribution in [3.63, 3.8) is 0 Å². The highest BCUT2D eigenvalue weighted by Crippen LogP contribution is 1.66. The van der Waals surface area contributed by atoms with Gasteiger partial charge in [0.05, 0.1) is 0 Å². The zero-order valence-corrected chi connectivity index (χ0v) is 5.19. The average Bonchev–Trinajstić information content (AvgIpc) is 1.69. The molecule has 0 atom stereocenters. The van der Waals surface area contributed by atoms with Gasteiger partial charge in [0.2, 0.25) is 0 Å². The highest BCUT2D eigenvalue weighted by Gasteiger charge is 1.55. The van der Waals surface area contributed by atoms with E-state index in [1.165, 1.54) is 0 Å². The largest absolute Gasteiger partial charge is 0.330 e. The van der Waals surface area contributed by atoms with Gasteiger partial charge in [0.25, 0.3) is 0 Å². The second-order valence-electron chi connectivity index (χ2n) is 0.870. The Morgan fingerprint density at radius 3 is 2.00 bits per heavy atom. The normalized spacial score (nSPS) is 7.29. The van der Waals surface area contributed by atoms with Crippen LogP contribution in [0.2, 0.25) is 0 Å². The Balaban J connectivity index is 0. The Kier molecular flexibility index (Phi) is 24.0. The third-order valence-electron chi connectivity index (χ3n) is 0.289. The summed E-state index contributed by atoms with van der Waals surface area (Å²) in [5.74, 6) is 0. The van der Waals surface area contributed by atoms with Gasteiger partial charge in [-0.3, -0.25) is 0 Å². The number of hydrogen-bond donors (Lipinski definition) is 2. The van der Waals surface area contributed by atoms with Gasteiger partial charge in [-0.25, -0.2) is 4.57 Å². The molecule has 0 aliphatic rings. The SMILES string of the molecule is CCCN.O=PO. The topological polar surface area (TPSA) is 63.3 Å². The van der Waals surface area contributed by atoms with E-state index in [0.717, 1.165) is 13.0 Å². The summed E-state index contributed by atoms with van der Waals surface area (Å²) < 4.78 is 8.46. The molecule has 0 radical (unpaired) electrons. The molecule has 0 fully saturated rings. The fraction of sp³-hybridized carbons (Fsp3) is 1.00. The molecule has 0 rings (SSSR count). The van der Waals surface area contributed by atoms with Crippen molar-refractivity contribution < 1.29 is 9.46 Å². The summed E-state index contributed by atoms with van der Waals surface area (Å²) >= 11 is 0. The minimum atomic E-state index is -0.833. The molecule has 3 nitrogen and oxygen atoms in total. The summed E-state index contributed by atoms with van der Waals surface area (Å²) in [6.07, 6.45) is 1.10. The first-order valence-electron chi connectivity index (χ1n) is 2.00. The quantitative estimate of drug-likeness (QED) is 0.500. The Labute approximate surface area is 44.8 Å². The van der Waals surface area contributed by atoms with Gasteiger partial charge in [0.1, 0.15) is 0 Å². The Morgan fingerprint density at radius 2 is 2.00 bits per heavy atom. The molecule has 7 heavy (non-hydrogen) atoms. The molecule has 3 N–H and O–H groups in total. The van der Waals surface area contributed by atoms with Crippen molar-refractivity contribution in [2.45, 2.75) is 13.3 Å². The summed E-state index contributed by atoms with van der Waals surface area (Å²) in [6, 6.07) is 0. The van der Waals surface area contributed by atoms with Crippen molar-refractivity contribution >= 4 is 8.69 Å². The first-order valence-corrected chi connectivity index (χ1v) is 2.76. The van der Waals surface area contributed by atoms with Crippen molar-refractivity contribution in [2.24, 2.45) is 5.73 Å². The van der Waals surface area contributed by atoms with Gasteiger partial charge in [-0.2, -0.15) is 0 Å². The summed E-state index contributed by atoms with van der Waals surface area (Å²) in [6.45, 7) is 2.88. The average molecular weight is 123 g/mol. The van der Waals surface area contributed by atoms with Crippen LogP contribution in [-0.4, -0.2) is 11.4 Å². The molecule has 0 aliphatic heterocycles. The maximum Gasteiger partial charge on any atom is 0.324 e. The van der Waals surface area contributed by atoms with Crippen LogP contribution >= 0.6 is 8.69 Å². The fourth-order valence-corrected chi connectivity index (χ4v) is 0. The van der Waals surface area contributed by atoms with Gasteiger partial charge in [-0.05, 0) is 13.0 Å². The predicted octanol–water partition coefficient (Wildman–Crippen LogP) is 0.540. The van der Waals surface area contributed by atoms with E-state index in [1.54, 1.807) is 0 Å². The third-order valence-corrected chi connectivity index (χ3v) is 0.289. The molecule has 0 amide bonds. The zero-order chi connectivity index (χ0) is 6.12. The van der Waals surface area contributed by atoms with E-state index < -0.39 is 8.69 Å². The summed E-state index contributed by atoms with van der Waals surface area (Å²) in [7, 11) is -0.833. The van der Waals surface area contributed by atoms with Crippen molar-refractivity contribution in [3.05, 3.63) is 0 Å². The molecule has 0 aliphatic carbocycles. The van der Waals surface area contributed by atoms with Crippen LogP contribution in [-0.2, 0) is 4.57 Å². The lowest BCUT2D eigenvalue weighted by Crippen LogP contribution is -1.93. The van der Waals surface area contributed by atoms with E-state index in [4.69, 9.17) is 15.2 Å². The maximum atomic E-state index is 8.46. The monoisotopic (exact) mass is 123 g/mol. The van der Waals surface area contributed by atoms with E-state index in [1.807, 2.05) is 0 Å². The molecule has 0 saturated carbocycles. The van der Waals surface area contributed by atoms with E-state index in [-0.39, 0.29) is 0 Å². The lowest BCUT2D eigenvalue weighted by atomic mass is 10.5. The predicted molar refractivity (Wildman–Crippen MR) is 29.2 cm³/mol. The van der Waals surface area contributed by atoms with Crippen molar-refractivity contribution in [1.29, 1.82) is 0 Å². The number of rotatable bonds is 1. The fourth-order valence-electron chi connectivity index (χ4n) is 0. The van der Waals surface area contributed by atoms with Crippen LogP contribution in [0.5, 0.6) is 0 Å². The van der Waals surface area contributed by atoms with E-state index in [9.17, 15) is 0 Å². The smallest absolute Gasteiger partial charge is 0.324 e. The van der Waals surface area contributed by atoms with Crippen LogP contribution in [0.1, 0.15) is 13.3 Å². The molecule has 0 unspecified atom stereocenters. The highest BCUT2D eigenvalue weighted by atomic mass is 31.1. The van der Waals surface area contributed by atoms with Gasteiger partial charge in [0.15, 0.2) is 0 Å². The van der Waals surface area contributed by atoms with Gasteiger partial charge in [-0.1, -0.05) is 6.92 Å². The van der Waals surface area contributed by atoms with Crippen LogP contribution in [0.4, 0.5) is 0 Å². The first kappa shape index (κ1) is 10.1. The Hall–Kier alpha value is 0.0200. The zero-order valence-electron chi connectivity index (χ0n) is 4.29. The molecule has 0 spiro atoms. The standard InChI is InChI=1S/C3H9N.HO2P/c1-2-3-4;1-3-2/h2-4H2,1H3;(H,1,2). The van der Waals surface area contributed by atoms with Crippen molar-refractivity contribution in [1.82, 2.24) is 0 Å². The molecule has 0 saturated heterocycles. The Morgan fingerprint density at radius 1 is 1.86 bits per heavy atom. The summed E-state index contributed by atoms with van der Waals surface area (Å²) in [4.78, 5) is 6.99. The number of hydrogen-bond acceptors (Lipinski definition) is 2. The molecular formula is C3H10NO2P. The molecule has 0 bridgehead atoms. The highest BCUT2D eigenvalue weighted by molar-refractivity contribution is 7.16. The van der Waals surface area contributed by atoms with Crippen molar-refractivity contribution in [2.75, 3.05) is 6.54 Å². The van der Waals surface area contributed by atoms with E-state index >= 15 is 0 Å². The third kappa shape index (κ3) is 93.5. The van der Waals surface area contributed by atoms with E-state index in [2.05, 4.69) is 6.92 Å². The first-order chi connectivity index (χ1) is 3.33. The van der Waals surface area contributed by atoms with Crippen LogP contribution in [0.15, 0.2) is 0 Å². The van der Waals surface area contributed by atoms with E-state index in [0.29, 0.717) is 0 Å². The van der Waals surface area contributed by atoms with Gasteiger partial charge < -0.3 is 10.6 Å². The lowest BCUT2D eigenvalue weighted by Gasteiger charge is -1.70. The summed E-state index contributed by atoms with van der Waals surface area (Å²) in [5.41, 5.74) is 5.03. The molecule has 0 heterocycles. The van der Waals surface area contributed by atoms with Crippen molar-refractivity contribution in [3.8, 4) is 0 Å². The molecular weight excluding hydrogens is 113 g/mol. The second-order valence-corrected chi connectivity index (χ2v) is 1.03. The van der Waals surface area contributed by atoms with Crippen LogP contribution in [0, 0.1) is 0 Å². The van der Waals surface area contributed by atoms with Crippen LogP contribution < -0.4 is 5.73 Å². The molecule has 0 aromatic carbocycles. The minimum absolute atomic E-state index is 0.819. The molecule has 0 aromatic rings. The molecule has 0 aromatic heterocycles. The second kappa shape index (κ2) is 16.6.